The number of aromatic nitrogens is 2. The fourth-order valence-corrected chi connectivity index (χ4v) is 5.18. The predicted molar refractivity (Wildman–Crippen MR) is 125 cm³/mol. The molecule has 0 saturated carbocycles. The number of hydrogen-bond acceptors (Lipinski definition) is 4. The van der Waals surface area contributed by atoms with E-state index in [1.807, 2.05) is 47.1 Å². The number of piperidine rings is 1. The van der Waals surface area contributed by atoms with Crippen LogP contribution in [-0.2, 0) is 0 Å². The first-order valence-electron chi connectivity index (χ1n) is 11.4. The number of likely N-dealkylation sites (tertiary alicyclic amines) is 1. The third-order valence-corrected chi connectivity index (χ3v) is 6.86. The first-order chi connectivity index (χ1) is 16.0. The van der Waals surface area contributed by atoms with Crippen molar-refractivity contribution in [2.75, 3.05) is 20.2 Å². The summed E-state index contributed by atoms with van der Waals surface area (Å²) >= 11 is 0. The number of fused-ring (bicyclic) bond motifs is 1. The molecule has 170 valence electrons. The van der Waals surface area contributed by atoms with Crippen LogP contribution in [0, 0.1) is 6.92 Å². The molecular weight excluding hydrogens is 416 g/mol. The summed E-state index contributed by atoms with van der Waals surface area (Å²) in [7, 11) is 1.61. The minimum atomic E-state index is -0.0289. The van der Waals surface area contributed by atoms with Gasteiger partial charge in [0, 0.05) is 30.3 Å². The third kappa shape index (κ3) is 3.57. The lowest BCUT2D eigenvalue weighted by Gasteiger charge is -2.39. The van der Waals surface area contributed by atoms with Gasteiger partial charge in [0.25, 0.3) is 11.8 Å². The zero-order valence-electron chi connectivity index (χ0n) is 19.2. The van der Waals surface area contributed by atoms with Crippen molar-refractivity contribution >= 4 is 11.8 Å². The maximum Gasteiger partial charge on any atom is 0.273 e. The average Bonchev–Trinajstić information content (AvgIpc) is 3.34. The Morgan fingerprint density at radius 2 is 1.70 bits per heavy atom. The molecule has 0 N–H and O–H groups in total. The molecule has 1 unspecified atom stereocenters. The number of carbonyl (C=O) groups is 2. The Balaban J connectivity index is 1.32. The molecule has 1 fully saturated rings. The molecule has 2 aliphatic heterocycles. The molecule has 7 nitrogen and oxygen atoms in total. The van der Waals surface area contributed by atoms with E-state index in [9.17, 15) is 9.59 Å². The first kappa shape index (κ1) is 21.2. The number of methoxy groups -OCH3 is 1. The van der Waals surface area contributed by atoms with Crippen LogP contribution in [0.2, 0.25) is 0 Å². The Bertz CT molecular complexity index is 1180. The monoisotopic (exact) mass is 444 g/mol. The molecule has 7 heteroatoms. The first-order valence-corrected chi connectivity index (χ1v) is 11.4. The highest BCUT2D eigenvalue weighted by Crippen LogP contribution is 2.40. The summed E-state index contributed by atoms with van der Waals surface area (Å²) in [5.41, 5.74) is 4.13. The largest absolute Gasteiger partial charge is 0.497 e. The molecule has 2 aromatic carbocycles. The zero-order chi connectivity index (χ0) is 23.1. The van der Waals surface area contributed by atoms with E-state index in [-0.39, 0.29) is 23.9 Å². The molecule has 1 atom stereocenters. The van der Waals surface area contributed by atoms with Gasteiger partial charge in [0.05, 0.1) is 24.5 Å². The van der Waals surface area contributed by atoms with E-state index in [1.54, 1.807) is 36.1 Å². The van der Waals surface area contributed by atoms with Crippen molar-refractivity contribution in [3.05, 3.63) is 77.1 Å². The lowest BCUT2D eigenvalue weighted by atomic mass is 10.0. The van der Waals surface area contributed by atoms with Gasteiger partial charge in [0.15, 0.2) is 0 Å². The molecule has 1 aromatic heterocycles. The van der Waals surface area contributed by atoms with E-state index in [4.69, 9.17) is 4.74 Å². The normalized spacial score (nSPS) is 18.5. The topological polar surface area (TPSA) is 67.7 Å². The van der Waals surface area contributed by atoms with E-state index < -0.39 is 0 Å². The van der Waals surface area contributed by atoms with E-state index in [1.165, 1.54) is 0 Å². The fourth-order valence-electron chi connectivity index (χ4n) is 5.18. The molecule has 3 heterocycles. The van der Waals surface area contributed by atoms with Gasteiger partial charge < -0.3 is 14.5 Å². The number of amides is 2. The molecule has 2 amide bonds. The van der Waals surface area contributed by atoms with E-state index in [0.717, 1.165) is 35.5 Å². The van der Waals surface area contributed by atoms with Crippen LogP contribution in [0.1, 0.15) is 57.9 Å². The van der Waals surface area contributed by atoms with Crippen molar-refractivity contribution < 1.29 is 14.3 Å². The summed E-state index contributed by atoms with van der Waals surface area (Å²) in [5, 5.41) is 4.67. The summed E-state index contributed by atoms with van der Waals surface area (Å²) in [4.78, 5) is 30.4. The number of rotatable bonds is 4. The van der Waals surface area contributed by atoms with E-state index >= 15 is 0 Å². The van der Waals surface area contributed by atoms with Crippen LogP contribution in [0.4, 0.5) is 0 Å². The number of aryl methyl sites for hydroxylation is 1. The Morgan fingerprint density at radius 3 is 2.33 bits per heavy atom. The summed E-state index contributed by atoms with van der Waals surface area (Å²) in [6.07, 6.45) is 1.53. The molecule has 0 bridgehead atoms. The van der Waals surface area contributed by atoms with Crippen LogP contribution in [0.25, 0.3) is 5.69 Å². The second kappa shape index (κ2) is 8.39. The van der Waals surface area contributed by atoms with Gasteiger partial charge in [-0.2, -0.15) is 5.10 Å². The molecule has 0 aliphatic carbocycles. The lowest BCUT2D eigenvalue weighted by molar-refractivity contribution is 0.0470. The molecule has 1 saturated heterocycles. The van der Waals surface area contributed by atoms with Crippen molar-refractivity contribution in [1.29, 1.82) is 0 Å². The molecule has 33 heavy (non-hydrogen) atoms. The smallest absolute Gasteiger partial charge is 0.273 e. The Labute approximate surface area is 193 Å². The number of hydrogen-bond donors (Lipinski definition) is 0. The highest BCUT2D eigenvalue weighted by Gasteiger charge is 2.44. The highest BCUT2D eigenvalue weighted by atomic mass is 16.5. The summed E-state index contributed by atoms with van der Waals surface area (Å²) in [6.45, 7) is 5.32. The SMILES string of the molecule is COc1ccc(C(=O)N2CCC(N3C(=O)c4c(c(C)nn4-c4ccccc4)C3C)CC2)cc1. The maximum atomic E-state index is 13.6. The molecule has 0 radical (unpaired) electrons. The van der Waals surface area contributed by atoms with Crippen molar-refractivity contribution in [2.24, 2.45) is 0 Å². The number of ether oxygens (including phenoxy) is 1. The maximum absolute atomic E-state index is 13.6. The van der Waals surface area contributed by atoms with Gasteiger partial charge >= 0.3 is 0 Å². The van der Waals surface area contributed by atoms with Crippen molar-refractivity contribution in [3.8, 4) is 11.4 Å². The van der Waals surface area contributed by atoms with Gasteiger partial charge in [-0.15, -0.1) is 0 Å². The fraction of sp³-hybridized carbons (Fsp3) is 0.346. The average molecular weight is 445 g/mol. The number of nitrogens with zero attached hydrogens (tertiary/aromatic N) is 4. The van der Waals surface area contributed by atoms with Crippen LogP contribution in [0.15, 0.2) is 54.6 Å². The highest BCUT2D eigenvalue weighted by molar-refractivity contribution is 5.99. The number of carbonyl (C=O) groups excluding carboxylic acids is 2. The van der Waals surface area contributed by atoms with Crippen LogP contribution >= 0.6 is 0 Å². The van der Waals surface area contributed by atoms with Crippen LogP contribution in [0.5, 0.6) is 5.75 Å². The Hall–Kier alpha value is -3.61. The van der Waals surface area contributed by atoms with Crippen LogP contribution in [-0.4, -0.2) is 57.6 Å². The van der Waals surface area contributed by atoms with Gasteiger partial charge in [-0.05, 0) is 63.1 Å². The van der Waals surface area contributed by atoms with Crippen molar-refractivity contribution in [2.45, 2.75) is 38.8 Å². The number of para-hydroxylation sites is 1. The molecular formula is C26H28N4O3. The molecule has 3 aromatic rings. The Kier molecular flexibility index (Phi) is 5.40. The second-order valence-electron chi connectivity index (χ2n) is 8.74. The summed E-state index contributed by atoms with van der Waals surface area (Å²) < 4.78 is 6.97. The van der Waals surface area contributed by atoms with E-state index in [0.29, 0.717) is 24.3 Å². The second-order valence-corrected chi connectivity index (χ2v) is 8.74. The van der Waals surface area contributed by atoms with E-state index in [2.05, 4.69) is 12.0 Å². The minimum Gasteiger partial charge on any atom is -0.497 e. The molecule has 2 aliphatic rings. The summed E-state index contributed by atoms with van der Waals surface area (Å²) in [6, 6.07) is 17.1. The summed E-state index contributed by atoms with van der Waals surface area (Å²) in [5.74, 6) is 0.786. The van der Waals surface area contributed by atoms with Gasteiger partial charge in [-0.25, -0.2) is 4.68 Å². The standard InChI is InChI=1S/C26H28N4O3/c1-17-23-18(2)29(26(32)24(23)30(27-17)21-7-5-4-6-8-21)20-13-15-28(16-14-20)25(31)19-9-11-22(33-3)12-10-19/h4-12,18,20H,13-16H2,1-3H3. The Morgan fingerprint density at radius 1 is 1.03 bits per heavy atom. The van der Waals surface area contributed by atoms with Gasteiger partial charge in [-0.1, -0.05) is 18.2 Å². The number of benzene rings is 2. The van der Waals surface area contributed by atoms with Crippen LogP contribution in [0.3, 0.4) is 0 Å². The predicted octanol–water partition coefficient (Wildman–Crippen LogP) is 4.01. The van der Waals surface area contributed by atoms with Crippen molar-refractivity contribution in [1.82, 2.24) is 19.6 Å². The van der Waals surface area contributed by atoms with Gasteiger partial charge in [-0.3, -0.25) is 9.59 Å². The molecule has 5 rings (SSSR count). The molecule has 0 spiro atoms. The zero-order valence-corrected chi connectivity index (χ0v) is 19.2. The van der Waals surface area contributed by atoms with Gasteiger partial charge in [0.1, 0.15) is 11.4 Å². The minimum absolute atomic E-state index is 0.0238. The van der Waals surface area contributed by atoms with Crippen molar-refractivity contribution in [3.63, 3.8) is 0 Å². The quantitative estimate of drug-likeness (QED) is 0.610. The van der Waals surface area contributed by atoms with Gasteiger partial charge in [0.2, 0.25) is 0 Å². The lowest BCUT2D eigenvalue weighted by Crippen LogP contribution is -2.47. The third-order valence-electron chi connectivity index (χ3n) is 6.86. The van der Waals surface area contributed by atoms with Crippen LogP contribution < -0.4 is 4.74 Å².